The SMILES string of the molecule is CC(=O)[C@@]1(C)CC[C@H]2[C@@H](CCC3=CC(=O)CC[C@@]32C)C1CC#N. The molecule has 0 radical (unpaired) electrons. The first-order valence-corrected chi connectivity index (χ1v) is 8.95. The summed E-state index contributed by atoms with van der Waals surface area (Å²) < 4.78 is 0. The van der Waals surface area contributed by atoms with E-state index in [0.29, 0.717) is 24.7 Å². The topological polar surface area (TPSA) is 57.9 Å². The summed E-state index contributed by atoms with van der Waals surface area (Å²) in [5, 5.41) is 9.34. The van der Waals surface area contributed by atoms with Crippen molar-refractivity contribution in [2.75, 3.05) is 0 Å². The van der Waals surface area contributed by atoms with Crippen LogP contribution in [0.3, 0.4) is 0 Å². The van der Waals surface area contributed by atoms with Crippen LogP contribution in [0.1, 0.15) is 65.7 Å². The number of hydrogen-bond acceptors (Lipinski definition) is 3. The van der Waals surface area contributed by atoms with Gasteiger partial charge in [-0.15, -0.1) is 0 Å². The third kappa shape index (κ3) is 2.38. The van der Waals surface area contributed by atoms with Crippen LogP contribution in [-0.4, -0.2) is 11.6 Å². The molecule has 3 rings (SSSR count). The van der Waals surface area contributed by atoms with Crippen molar-refractivity contribution >= 4 is 11.6 Å². The van der Waals surface area contributed by atoms with Crippen molar-refractivity contribution < 1.29 is 9.59 Å². The van der Waals surface area contributed by atoms with E-state index in [4.69, 9.17) is 0 Å². The molecule has 0 N–H and O–H groups in total. The van der Waals surface area contributed by atoms with Crippen molar-refractivity contribution in [2.45, 2.75) is 65.7 Å². The third-order valence-corrected chi connectivity index (χ3v) is 7.47. The summed E-state index contributed by atoms with van der Waals surface area (Å²) in [6.45, 7) is 6.09. The van der Waals surface area contributed by atoms with Crippen LogP contribution in [0.4, 0.5) is 0 Å². The van der Waals surface area contributed by atoms with Crippen LogP contribution in [0.15, 0.2) is 11.6 Å². The molecule has 0 saturated heterocycles. The fraction of sp³-hybridized carbons (Fsp3) is 0.750. The van der Waals surface area contributed by atoms with Crippen LogP contribution in [-0.2, 0) is 9.59 Å². The third-order valence-electron chi connectivity index (χ3n) is 7.47. The largest absolute Gasteiger partial charge is 0.299 e. The monoisotopic (exact) mass is 313 g/mol. The van der Waals surface area contributed by atoms with Gasteiger partial charge in [0.05, 0.1) is 6.07 Å². The molecular weight excluding hydrogens is 286 g/mol. The van der Waals surface area contributed by atoms with E-state index in [1.54, 1.807) is 6.92 Å². The Hall–Kier alpha value is -1.43. The molecule has 3 heteroatoms. The Labute approximate surface area is 139 Å². The van der Waals surface area contributed by atoms with Gasteiger partial charge in [0.2, 0.25) is 0 Å². The molecule has 3 aliphatic rings. The molecule has 0 spiro atoms. The maximum atomic E-state index is 12.3. The Kier molecular flexibility index (Phi) is 3.99. The summed E-state index contributed by atoms with van der Waals surface area (Å²) in [6.07, 6.45) is 7.87. The molecule has 0 aromatic carbocycles. The molecule has 0 aromatic rings. The van der Waals surface area contributed by atoms with E-state index >= 15 is 0 Å². The number of allylic oxidation sites excluding steroid dienone is 2. The lowest BCUT2D eigenvalue weighted by molar-refractivity contribution is -0.138. The maximum absolute atomic E-state index is 12.3. The number of Topliss-reactive ketones (excluding diaryl/α,β-unsaturated/α-hetero) is 1. The summed E-state index contributed by atoms with van der Waals surface area (Å²) in [7, 11) is 0. The molecule has 3 aliphatic carbocycles. The van der Waals surface area contributed by atoms with Crippen LogP contribution in [0.25, 0.3) is 0 Å². The van der Waals surface area contributed by atoms with E-state index in [9.17, 15) is 14.9 Å². The Morgan fingerprint density at radius 3 is 2.70 bits per heavy atom. The lowest BCUT2D eigenvalue weighted by Gasteiger charge is -2.57. The second-order valence-corrected chi connectivity index (χ2v) is 8.34. The van der Waals surface area contributed by atoms with Crippen LogP contribution >= 0.6 is 0 Å². The van der Waals surface area contributed by atoms with Crippen molar-refractivity contribution in [3.8, 4) is 6.07 Å². The molecular formula is C20H27NO2. The van der Waals surface area contributed by atoms with E-state index < -0.39 is 0 Å². The van der Waals surface area contributed by atoms with Gasteiger partial charge in [0.15, 0.2) is 5.78 Å². The summed E-state index contributed by atoms with van der Waals surface area (Å²) in [5.74, 6) is 1.63. The van der Waals surface area contributed by atoms with E-state index in [0.717, 1.165) is 32.1 Å². The molecule has 23 heavy (non-hydrogen) atoms. The maximum Gasteiger partial charge on any atom is 0.155 e. The molecule has 2 fully saturated rings. The number of carbonyl (C=O) groups is 2. The standard InChI is InChI=1S/C20H27NO2/c1-13(22)19(2)10-7-17-16(18(19)8-11-21)5-4-14-12-15(23)6-9-20(14,17)3/h12,16-18H,4-10H2,1-3H3/t16-,17+,18?,19-,20+/m1/s1. The highest BCUT2D eigenvalue weighted by Crippen LogP contribution is 2.62. The Bertz CT molecular complexity index is 614. The van der Waals surface area contributed by atoms with Gasteiger partial charge in [-0.25, -0.2) is 0 Å². The van der Waals surface area contributed by atoms with Gasteiger partial charge in [0.25, 0.3) is 0 Å². The zero-order chi connectivity index (χ0) is 16.8. The minimum Gasteiger partial charge on any atom is -0.299 e. The lowest BCUT2D eigenvalue weighted by atomic mass is 9.46. The normalized spacial score (nSPS) is 43.0. The van der Waals surface area contributed by atoms with Crippen molar-refractivity contribution in [1.29, 1.82) is 5.26 Å². The molecule has 0 aromatic heterocycles. The van der Waals surface area contributed by atoms with Crippen molar-refractivity contribution in [2.24, 2.45) is 28.6 Å². The highest BCUT2D eigenvalue weighted by molar-refractivity contribution is 5.91. The summed E-state index contributed by atoms with van der Waals surface area (Å²) in [5.41, 5.74) is 1.08. The predicted molar refractivity (Wildman–Crippen MR) is 88.4 cm³/mol. The van der Waals surface area contributed by atoms with Gasteiger partial charge in [-0.2, -0.15) is 5.26 Å². The highest BCUT2D eigenvalue weighted by atomic mass is 16.1. The molecule has 124 valence electrons. The first kappa shape index (κ1) is 16.4. The smallest absolute Gasteiger partial charge is 0.155 e. The second kappa shape index (κ2) is 5.58. The number of hydrogen-bond donors (Lipinski definition) is 0. The quantitative estimate of drug-likeness (QED) is 0.766. The Morgan fingerprint density at radius 2 is 2.04 bits per heavy atom. The summed E-state index contributed by atoms with van der Waals surface area (Å²) >= 11 is 0. The number of fused-ring (bicyclic) bond motifs is 3. The van der Waals surface area contributed by atoms with Crippen molar-refractivity contribution in [1.82, 2.24) is 0 Å². The molecule has 2 saturated carbocycles. The van der Waals surface area contributed by atoms with E-state index in [-0.39, 0.29) is 28.3 Å². The molecule has 0 amide bonds. The first-order chi connectivity index (χ1) is 10.8. The number of carbonyl (C=O) groups excluding carboxylic acids is 2. The molecule has 0 heterocycles. The van der Waals surface area contributed by atoms with Crippen molar-refractivity contribution in [3.05, 3.63) is 11.6 Å². The average Bonchev–Trinajstić information content (AvgIpc) is 2.50. The number of rotatable bonds is 2. The van der Waals surface area contributed by atoms with E-state index in [1.807, 2.05) is 6.08 Å². The first-order valence-electron chi connectivity index (χ1n) is 8.95. The molecule has 1 unspecified atom stereocenters. The lowest BCUT2D eigenvalue weighted by Crippen LogP contribution is -2.52. The zero-order valence-corrected chi connectivity index (χ0v) is 14.5. The van der Waals surface area contributed by atoms with Crippen LogP contribution in [0.5, 0.6) is 0 Å². The Morgan fingerprint density at radius 1 is 1.30 bits per heavy atom. The zero-order valence-electron chi connectivity index (χ0n) is 14.5. The molecule has 0 aliphatic heterocycles. The van der Waals surface area contributed by atoms with Gasteiger partial charge in [-0.05, 0) is 68.3 Å². The molecule has 0 bridgehead atoms. The number of nitrogens with zero attached hydrogens (tertiary/aromatic N) is 1. The van der Waals surface area contributed by atoms with Gasteiger partial charge < -0.3 is 0 Å². The minimum absolute atomic E-state index is 0.0999. The second-order valence-electron chi connectivity index (χ2n) is 8.34. The van der Waals surface area contributed by atoms with Crippen LogP contribution < -0.4 is 0 Å². The van der Waals surface area contributed by atoms with Gasteiger partial charge in [-0.3, -0.25) is 9.59 Å². The average molecular weight is 313 g/mol. The van der Waals surface area contributed by atoms with Crippen LogP contribution in [0, 0.1) is 39.9 Å². The summed E-state index contributed by atoms with van der Waals surface area (Å²) in [6, 6.07) is 2.35. The Balaban J connectivity index is 1.98. The van der Waals surface area contributed by atoms with Crippen molar-refractivity contribution in [3.63, 3.8) is 0 Å². The predicted octanol–water partition coefficient (Wildman–Crippen LogP) is 4.23. The molecule has 5 atom stereocenters. The van der Waals surface area contributed by atoms with E-state index in [1.165, 1.54) is 5.57 Å². The number of ketones is 2. The minimum atomic E-state index is -0.348. The number of nitriles is 1. The van der Waals surface area contributed by atoms with E-state index in [2.05, 4.69) is 19.9 Å². The van der Waals surface area contributed by atoms with Crippen LogP contribution in [0.2, 0.25) is 0 Å². The highest BCUT2D eigenvalue weighted by Gasteiger charge is 2.56. The van der Waals surface area contributed by atoms with Gasteiger partial charge in [0.1, 0.15) is 5.78 Å². The molecule has 3 nitrogen and oxygen atoms in total. The fourth-order valence-electron chi connectivity index (χ4n) is 5.79. The van der Waals surface area contributed by atoms with Gasteiger partial charge in [-0.1, -0.05) is 19.4 Å². The summed E-state index contributed by atoms with van der Waals surface area (Å²) in [4.78, 5) is 24.1. The van der Waals surface area contributed by atoms with Gasteiger partial charge >= 0.3 is 0 Å². The fourth-order valence-corrected chi connectivity index (χ4v) is 5.79. The van der Waals surface area contributed by atoms with Gasteiger partial charge in [0, 0.05) is 18.3 Å².